The second-order valence-corrected chi connectivity index (χ2v) is 4.09. The van der Waals surface area contributed by atoms with Gasteiger partial charge in [-0.3, -0.25) is 0 Å². The number of imidazole rings is 1. The molecular formula is C9H17N3S. The molecule has 13 heavy (non-hydrogen) atoms. The van der Waals surface area contributed by atoms with E-state index in [-0.39, 0.29) is 0 Å². The highest BCUT2D eigenvalue weighted by atomic mass is 32.2. The van der Waals surface area contributed by atoms with Crippen molar-refractivity contribution in [2.75, 3.05) is 12.3 Å². The van der Waals surface area contributed by atoms with Gasteiger partial charge in [0.1, 0.15) is 0 Å². The van der Waals surface area contributed by atoms with Crippen molar-refractivity contribution in [3.05, 3.63) is 12.4 Å². The Morgan fingerprint density at radius 1 is 1.69 bits per heavy atom. The van der Waals surface area contributed by atoms with Crippen LogP contribution in [-0.2, 0) is 0 Å². The third-order valence-electron chi connectivity index (χ3n) is 1.92. The number of hydrogen-bond acceptors (Lipinski definition) is 3. The SMILES string of the molecule is CCC(C)NCCSc1ncc[nH]1. The second kappa shape index (κ2) is 6.05. The van der Waals surface area contributed by atoms with Crippen molar-refractivity contribution in [3.63, 3.8) is 0 Å². The van der Waals surface area contributed by atoms with Crippen LogP contribution in [0.2, 0.25) is 0 Å². The zero-order valence-electron chi connectivity index (χ0n) is 8.21. The van der Waals surface area contributed by atoms with E-state index in [1.54, 1.807) is 18.0 Å². The molecule has 0 bridgehead atoms. The minimum Gasteiger partial charge on any atom is -0.340 e. The Labute approximate surface area is 83.7 Å². The molecule has 74 valence electrons. The number of aromatic nitrogens is 2. The summed E-state index contributed by atoms with van der Waals surface area (Å²) in [6.45, 7) is 5.44. The Hall–Kier alpha value is -0.480. The molecule has 2 N–H and O–H groups in total. The normalized spacial score (nSPS) is 13.1. The van der Waals surface area contributed by atoms with E-state index in [2.05, 4.69) is 29.1 Å². The third kappa shape index (κ3) is 4.33. The van der Waals surface area contributed by atoms with Crippen LogP contribution >= 0.6 is 11.8 Å². The van der Waals surface area contributed by atoms with Crippen molar-refractivity contribution in [2.24, 2.45) is 0 Å². The molecule has 1 unspecified atom stereocenters. The number of nitrogens with zero attached hydrogens (tertiary/aromatic N) is 1. The summed E-state index contributed by atoms with van der Waals surface area (Å²) in [6.07, 6.45) is 4.82. The molecule has 0 spiro atoms. The molecule has 0 aromatic carbocycles. The van der Waals surface area contributed by atoms with Crippen LogP contribution in [0.3, 0.4) is 0 Å². The number of thioether (sulfide) groups is 1. The lowest BCUT2D eigenvalue weighted by Gasteiger charge is -2.09. The van der Waals surface area contributed by atoms with Crippen LogP contribution in [0.25, 0.3) is 0 Å². The Morgan fingerprint density at radius 2 is 2.54 bits per heavy atom. The highest BCUT2D eigenvalue weighted by molar-refractivity contribution is 7.99. The summed E-state index contributed by atoms with van der Waals surface area (Å²) in [5, 5.41) is 4.44. The number of H-pyrrole nitrogens is 1. The predicted octanol–water partition coefficient (Wildman–Crippen LogP) is 1.89. The first-order valence-electron chi connectivity index (χ1n) is 4.68. The fourth-order valence-electron chi connectivity index (χ4n) is 0.927. The van der Waals surface area contributed by atoms with E-state index >= 15 is 0 Å². The van der Waals surface area contributed by atoms with Gasteiger partial charge in [0.05, 0.1) is 0 Å². The first-order valence-corrected chi connectivity index (χ1v) is 5.67. The lowest BCUT2D eigenvalue weighted by molar-refractivity contribution is 0.555. The number of aromatic amines is 1. The molecule has 0 saturated carbocycles. The van der Waals surface area contributed by atoms with Crippen LogP contribution in [0.5, 0.6) is 0 Å². The Kier molecular flexibility index (Phi) is 4.93. The van der Waals surface area contributed by atoms with Crippen molar-refractivity contribution in [3.8, 4) is 0 Å². The van der Waals surface area contributed by atoms with Crippen LogP contribution in [0.15, 0.2) is 17.6 Å². The molecule has 1 heterocycles. The van der Waals surface area contributed by atoms with Gasteiger partial charge in [-0.05, 0) is 13.3 Å². The van der Waals surface area contributed by atoms with E-state index in [0.717, 1.165) is 17.5 Å². The molecule has 3 nitrogen and oxygen atoms in total. The first kappa shape index (κ1) is 10.6. The fourth-order valence-corrected chi connectivity index (χ4v) is 1.63. The van der Waals surface area contributed by atoms with Crippen molar-refractivity contribution < 1.29 is 0 Å². The van der Waals surface area contributed by atoms with E-state index < -0.39 is 0 Å². The lowest BCUT2D eigenvalue weighted by Crippen LogP contribution is -2.27. The smallest absolute Gasteiger partial charge is 0.165 e. The summed E-state index contributed by atoms with van der Waals surface area (Å²) in [5.41, 5.74) is 0. The van der Waals surface area contributed by atoms with E-state index in [9.17, 15) is 0 Å². The largest absolute Gasteiger partial charge is 0.340 e. The van der Waals surface area contributed by atoms with Crippen LogP contribution in [0.1, 0.15) is 20.3 Å². The summed E-state index contributed by atoms with van der Waals surface area (Å²) >= 11 is 1.75. The topological polar surface area (TPSA) is 40.7 Å². The molecule has 0 aliphatic heterocycles. The first-order chi connectivity index (χ1) is 6.33. The third-order valence-corrected chi connectivity index (χ3v) is 2.82. The summed E-state index contributed by atoms with van der Waals surface area (Å²) in [5.74, 6) is 1.07. The zero-order valence-corrected chi connectivity index (χ0v) is 9.03. The molecule has 1 aromatic rings. The van der Waals surface area contributed by atoms with E-state index in [0.29, 0.717) is 6.04 Å². The van der Waals surface area contributed by atoms with Crippen molar-refractivity contribution in [1.82, 2.24) is 15.3 Å². The molecule has 0 fully saturated rings. The molecular weight excluding hydrogens is 182 g/mol. The molecule has 0 aliphatic carbocycles. The van der Waals surface area contributed by atoms with Gasteiger partial charge in [0, 0.05) is 30.7 Å². The van der Waals surface area contributed by atoms with E-state index in [1.165, 1.54) is 6.42 Å². The maximum absolute atomic E-state index is 4.13. The standard InChI is InChI=1S/C9H17N3S/c1-3-8(2)10-6-7-13-9-11-4-5-12-9/h4-5,8,10H,3,6-7H2,1-2H3,(H,11,12). The fraction of sp³-hybridized carbons (Fsp3) is 0.667. The molecule has 1 rings (SSSR count). The maximum Gasteiger partial charge on any atom is 0.165 e. The Bertz CT molecular complexity index is 211. The molecule has 0 saturated heterocycles. The highest BCUT2D eigenvalue weighted by Gasteiger charge is 1.97. The Morgan fingerprint density at radius 3 is 3.15 bits per heavy atom. The molecule has 1 atom stereocenters. The second-order valence-electron chi connectivity index (χ2n) is 3.01. The summed E-state index contributed by atoms with van der Waals surface area (Å²) < 4.78 is 0. The molecule has 0 aliphatic rings. The quantitative estimate of drug-likeness (QED) is 0.543. The maximum atomic E-state index is 4.13. The van der Waals surface area contributed by atoms with Gasteiger partial charge in [0.15, 0.2) is 5.16 Å². The minimum atomic E-state index is 0.622. The predicted molar refractivity (Wildman–Crippen MR) is 57.1 cm³/mol. The molecule has 0 amide bonds. The number of nitrogens with one attached hydrogen (secondary N) is 2. The van der Waals surface area contributed by atoms with Crippen LogP contribution in [0, 0.1) is 0 Å². The van der Waals surface area contributed by atoms with Crippen LogP contribution in [0.4, 0.5) is 0 Å². The van der Waals surface area contributed by atoms with Crippen molar-refractivity contribution in [2.45, 2.75) is 31.5 Å². The molecule has 1 aromatic heterocycles. The van der Waals surface area contributed by atoms with Crippen LogP contribution < -0.4 is 5.32 Å². The van der Waals surface area contributed by atoms with Gasteiger partial charge >= 0.3 is 0 Å². The summed E-state index contributed by atoms with van der Waals surface area (Å²) in [7, 11) is 0. The van der Waals surface area contributed by atoms with E-state index in [4.69, 9.17) is 0 Å². The number of rotatable bonds is 6. The van der Waals surface area contributed by atoms with Gasteiger partial charge < -0.3 is 10.3 Å². The van der Waals surface area contributed by atoms with E-state index in [1.807, 2.05) is 6.20 Å². The lowest BCUT2D eigenvalue weighted by atomic mass is 10.3. The summed E-state index contributed by atoms with van der Waals surface area (Å²) in [4.78, 5) is 7.20. The van der Waals surface area contributed by atoms with Crippen molar-refractivity contribution >= 4 is 11.8 Å². The van der Waals surface area contributed by atoms with Gasteiger partial charge in [0.2, 0.25) is 0 Å². The minimum absolute atomic E-state index is 0.622. The summed E-state index contributed by atoms with van der Waals surface area (Å²) in [6, 6.07) is 0.622. The van der Waals surface area contributed by atoms with Gasteiger partial charge in [-0.15, -0.1) is 0 Å². The van der Waals surface area contributed by atoms with Gasteiger partial charge in [-0.2, -0.15) is 0 Å². The van der Waals surface area contributed by atoms with Gasteiger partial charge in [-0.25, -0.2) is 4.98 Å². The highest BCUT2D eigenvalue weighted by Crippen LogP contribution is 2.09. The van der Waals surface area contributed by atoms with Gasteiger partial charge in [0.25, 0.3) is 0 Å². The van der Waals surface area contributed by atoms with Crippen molar-refractivity contribution in [1.29, 1.82) is 0 Å². The molecule has 4 heteroatoms. The average Bonchev–Trinajstić information content (AvgIpc) is 2.64. The monoisotopic (exact) mass is 199 g/mol. The number of hydrogen-bond donors (Lipinski definition) is 2. The zero-order chi connectivity index (χ0) is 9.52. The van der Waals surface area contributed by atoms with Gasteiger partial charge in [-0.1, -0.05) is 18.7 Å². The average molecular weight is 199 g/mol. The Balaban J connectivity index is 2.02. The van der Waals surface area contributed by atoms with Crippen LogP contribution in [-0.4, -0.2) is 28.3 Å². The molecule has 0 radical (unpaired) electrons.